The fourth-order valence-electron chi connectivity index (χ4n) is 1.29. The lowest BCUT2D eigenvalue weighted by molar-refractivity contribution is 0.498. The Morgan fingerprint density at radius 2 is 2.30 bits per heavy atom. The van der Waals surface area contributed by atoms with Crippen LogP contribution in [0.25, 0.3) is 0 Å². The summed E-state index contributed by atoms with van der Waals surface area (Å²) in [4.78, 5) is 0. The zero-order chi connectivity index (χ0) is 7.56. The standard InChI is InChI=1S/C8H16N2/c1-6-2-4-7(5-3-6)8(9)10/h4,6,8H,2-3,5,9-10H2,1H3. The van der Waals surface area contributed by atoms with E-state index in [0.29, 0.717) is 0 Å². The molecule has 1 unspecified atom stereocenters. The Hall–Kier alpha value is -0.340. The number of hydrogen-bond donors (Lipinski definition) is 2. The molecular formula is C8H16N2. The number of nitrogens with two attached hydrogens (primary N) is 2. The smallest absolute Gasteiger partial charge is 0.0743 e. The second-order valence-electron chi connectivity index (χ2n) is 3.18. The maximum absolute atomic E-state index is 5.52. The third kappa shape index (κ3) is 1.82. The minimum absolute atomic E-state index is 0.215. The average Bonchev–Trinajstić information content (AvgIpc) is 1.88. The molecular weight excluding hydrogens is 124 g/mol. The SMILES string of the molecule is CC1CC=C(C(N)N)CC1. The van der Waals surface area contributed by atoms with E-state index in [9.17, 15) is 0 Å². The molecule has 0 aliphatic heterocycles. The van der Waals surface area contributed by atoms with E-state index in [-0.39, 0.29) is 6.17 Å². The molecule has 1 aliphatic carbocycles. The highest BCUT2D eigenvalue weighted by Crippen LogP contribution is 2.22. The topological polar surface area (TPSA) is 52.0 Å². The van der Waals surface area contributed by atoms with Gasteiger partial charge in [-0.05, 0) is 30.8 Å². The Balaban J connectivity index is 2.48. The first-order valence-corrected chi connectivity index (χ1v) is 3.90. The van der Waals surface area contributed by atoms with Crippen LogP contribution in [0.2, 0.25) is 0 Å². The lowest BCUT2D eigenvalue weighted by atomic mass is 9.90. The van der Waals surface area contributed by atoms with Crippen molar-refractivity contribution in [1.29, 1.82) is 0 Å². The zero-order valence-corrected chi connectivity index (χ0v) is 6.51. The summed E-state index contributed by atoms with van der Waals surface area (Å²) in [6.07, 6.45) is 5.47. The molecule has 0 saturated carbocycles. The van der Waals surface area contributed by atoms with E-state index in [0.717, 1.165) is 18.8 Å². The third-order valence-electron chi connectivity index (χ3n) is 2.14. The molecule has 0 spiro atoms. The summed E-state index contributed by atoms with van der Waals surface area (Å²) in [5.41, 5.74) is 12.3. The van der Waals surface area contributed by atoms with Gasteiger partial charge in [-0.25, -0.2) is 0 Å². The molecule has 4 N–H and O–H groups in total. The van der Waals surface area contributed by atoms with Gasteiger partial charge < -0.3 is 11.5 Å². The van der Waals surface area contributed by atoms with Crippen molar-refractivity contribution >= 4 is 0 Å². The van der Waals surface area contributed by atoms with Crippen LogP contribution in [0.1, 0.15) is 26.2 Å². The predicted molar refractivity (Wildman–Crippen MR) is 43.3 cm³/mol. The molecule has 10 heavy (non-hydrogen) atoms. The summed E-state index contributed by atoms with van der Waals surface area (Å²) in [6, 6.07) is 0. The Morgan fingerprint density at radius 3 is 2.70 bits per heavy atom. The van der Waals surface area contributed by atoms with Crippen molar-refractivity contribution in [3.8, 4) is 0 Å². The number of allylic oxidation sites excluding steroid dienone is 1. The van der Waals surface area contributed by atoms with Crippen LogP contribution in [0.15, 0.2) is 11.6 Å². The number of rotatable bonds is 1. The van der Waals surface area contributed by atoms with Gasteiger partial charge >= 0.3 is 0 Å². The van der Waals surface area contributed by atoms with Crippen LogP contribution in [-0.4, -0.2) is 6.17 Å². The van der Waals surface area contributed by atoms with Gasteiger partial charge in [0.1, 0.15) is 0 Å². The van der Waals surface area contributed by atoms with Gasteiger partial charge in [-0.15, -0.1) is 0 Å². The first-order chi connectivity index (χ1) is 4.70. The highest BCUT2D eigenvalue weighted by molar-refractivity contribution is 5.11. The summed E-state index contributed by atoms with van der Waals surface area (Å²) in [5, 5.41) is 0. The Kier molecular flexibility index (Phi) is 2.46. The van der Waals surface area contributed by atoms with Crippen molar-refractivity contribution in [2.24, 2.45) is 17.4 Å². The molecule has 0 aromatic heterocycles. The summed E-state index contributed by atoms with van der Waals surface area (Å²) in [5.74, 6) is 0.822. The normalized spacial score (nSPS) is 26.8. The van der Waals surface area contributed by atoms with Crippen molar-refractivity contribution in [3.63, 3.8) is 0 Å². The summed E-state index contributed by atoms with van der Waals surface area (Å²) < 4.78 is 0. The van der Waals surface area contributed by atoms with E-state index in [4.69, 9.17) is 11.5 Å². The maximum Gasteiger partial charge on any atom is 0.0743 e. The molecule has 2 heteroatoms. The second kappa shape index (κ2) is 3.17. The van der Waals surface area contributed by atoms with Crippen molar-refractivity contribution in [1.82, 2.24) is 0 Å². The van der Waals surface area contributed by atoms with Gasteiger partial charge in [0.05, 0.1) is 6.17 Å². The van der Waals surface area contributed by atoms with Crippen LogP contribution in [0.5, 0.6) is 0 Å². The lowest BCUT2D eigenvalue weighted by Gasteiger charge is -2.20. The molecule has 0 amide bonds. The minimum atomic E-state index is -0.215. The van der Waals surface area contributed by atoms with Crippen LogP contribution < -0.4 is 11.5 Å². The molecule has 58 valence electrons. The van der Waals surface area contributed by atoms with E-state index >= 15 is 0 Å². The largest absolute Gasteiger partial charge is 0.313 e. The Bertz CT molecular complexity index is 138. The molecule has 0 saturated heterocycles. The highest BCUT2D eigenvalue weighted by atomic mass is 14.8. The molecule has 0 bridgehead atoms. The van der Waals surface area contributed by atoms with Gasteiger partial charge in [-0.2, -0.15) is 0 Å². The Labute approximate surface area is 62.3 Å². The van der Waals surface area contributed by atoms with Crippen LogP contribution in [0.3, 0.4) is 0 Å². The van der Waals surface area contributed by atoms with Gasteiger partial charge in [0.15, 0.2) is 0 Å². The van der Waals surface area contributed by atoms with Crippen LogP contribution in [0, 0.1) is 5.92 Å². The fourth-order valence-corrected chi connectivity index (χ4v) is 1.29. The van der Waals surface area contributed by atoms with Crippen LogP contribution in [0.4, 0.5) is 0 Å². The molecule has 0 fully saturated rings. The zero-order valence-electron chi connectivity index (χ0n) is 6.51. The number of hydrogen-bond acceptors (Lipinski definition) is 2. The molecule has 2 nitrogen and oxygen atoms in total. The van der Waals surface area contributed by atoms with E-state index in [1.165, 1.54) is 12.0 Å². The van der Waals surface area contributed by atoms with Crippen molar-refractivity contribution in [2.45, 2.75) is 32.4 Å². The van der Waals surface area contributed by atoms with Crippen LogP contribution >= 0.6 is 0 Å². The lowest BCUT2D eigenvalue weighted by Crippen LogP contribution is -2.33. The van der Waals surface area contributed by atoms with Gasteiger partial charge in [0.2, 0.25) is 0 Å². The monoisotopic (exact) mass is 140 g/mol. The third-order valence-corrected chi connectivity index (χ3v) is 2.14. The molecule has 0 aromatic carbocycles. The van der Waals surface area contributed by atoms with Crippen molar-refractivity contribution in [2.75, 3.05) is 0 Å². The van der Waals surface area contributed by atoms with E-state index < -0.39 is 0 Å². The van der Waals surface area contributed by atoms with Crippen molar-refractivity contribution in [3.05, 3.63) is 11.6 Å². The molecule has 0 heterocycles. The molecule has 0 radical (unpaired) electrons. The fraction of sp³-hybridized carbons (Fsp3) is 0.750. The van der Waals surface area contributed by atoms with E-state index in [1.54, 1.807) is 0 Å². The highest BCUT2D eigenvalue weighted by Gasteiger charge is 2.11. The van der Waals surface area contributed by atoms with Gasteiger partial charge in [0, 0.05) is 0 Å². The molecule has 1 atom stereocenters. The van der Waals surface area contributed by atoms with Gasteiger partial charge in [0.25, 0.3) is 0 Å². The van der Waals surface area contributed by atoms with Gasteiger partial charge in [-0.1, -0.05) is 13.0 Å². The molecule has 0 aromatic rings. The maximum atomic E-state index is 5.52. The van der Waals surface area contributed by atoms with E-state index in [2.05, 4.69) is 13.0 Å². The van der Waals surface area contributed by atoms with Gasteiger partial charge in [-0.3, -0.25) is 0 Å². The minimum Gasteiger partial charge on any atom is -0.313 e. The second-order valence-corrected chi connectivity index (χ2v) is 3.18. The summed E-state index contributed by atoms with van der Waals surface area (Å²) in [6.45, 7) is 2.26. The first-order valence-electron chi connectivity index (χ1n) is 3.90. The predicted octanol–water partition coefficient (Wildman–Crippen LogP) is 0.976. The average molecular weight is 140 g/mol. The summed E-state index contributed by atoms with van der Waals surface area (Å²) in [7, 11) is 0. The summed E-state index contributed by atoms with van der Waals surface area (Å²) >= 11 is 0. The molecule has 1 aliphatic rings. The van der Waals surface area contributed by atoms with Crippen LogP contribution in [-0.2, 0) is 0 Å². The Morgan fingerprint density at radius 1 is 1.60 bits per heavy atom. The van der Waals surface area contributed by atoms with Crippen molar-refractivity contribution < 1.29 is 0 Å². The van der Waals surface area contributed by atoms with E-state index in [1.807, 2.05) is 0 Å². The first kappa shape index (κ1) is 7.76. The quantitative estimate of drug-likeness (QED) is 0.421. The molecule has 1 rings (SSSR count).